The van der Waals surface area contributed by atoms with E-state index in [-0.39, 0.29) is 22.7 Å². The summed E-state index contributed by atoms with van der Waals surface area (Å²) >= 11 is 0. The van der Waals surface area contributed by atoms with Gasteiger partial charge in [0, 0.05) is 17.7 Å². The van der Waals surface area contributed by atoms with Gasteiger partial charge in [-0.25, -0.2) is 4.79 Å². The first kappa shape index (κ1) is 32.4. The number of hydrogen-bond acceptors (Lipinski definition) is 16. The molecule has 10 atom stereocenters. The Labute approximate surface area is 252 Å². The Morgan fingerprint density at radius 2 is 1.44 bits per heavy atom. The van der Waals surface area contributed by atoms with Gasteiger partial charge in [0.2, 0.25) is 23.8 Å². The summed E-state index contributed by atoms with van der Waals surface area (Å²) in [5.41, 5.74) is -1.12. The molecule has 0 radical (unpaired) electrons. The minimum atomic E-state index is -2.01. The summed E-state index contributed by atoms with van der Waals surface area (Å²) in [4.78, 5) is 25.0. The number of rotatable bonds is 8. The van der Waals surface area contributed by atoms with Crippen LogP contribution in [0.2, 0.25) is 0 Å². The number of methoxy groups -OCH3 is 1. The third-order valence-corrected chi connectivity index (χ3v) is 7.42. The Hall–Kier alpha value is -4.04. The molecule has 2 fully saturated rings. The highest BCUT2D eigenvalue weighted by Crippen LogP contribution is 2.38. The minimum absolute atomic E-state index is 0.238. The third-order valence-electron chi connectivity index (χ3n) is 7.42. The summed E-state index contributed by atoms with van der Waals surface area (Å²) in [6.45, 7) is -0.793. The highest BCUT2D eigenvalue weighted by molar-refractivity contribution is 5.88. The maximum absolute atomic E-state index is 13.5. The number of ether oxygens (including phenoxy) is 5. The zero-order valence-electron chi connectivity index (χ0n) is 23.2. The summed E-state index contributed by atoms with van der Waals surface area (Å²) < 4.78 is 32.8. The van der Waals surface area contributed by atoms with Crippen molar-refractivity contribution in [2.45, 2.75) is 61.4 Å². The van der Waals surface area contributed by atoms with Crippen LogP contribution in [0, 0.1) is 0 Å². The Balaban J connectivity index is 1.62. The fraction of sp³-hybridized carbons (Fsp3) is 0.429. The van der Waals surface area contributed by atoms with Crippen molar-refractivity contribution in [3.05, 3.63) is 46.6 Å². The van der Waals surface area contributed by atoms with Gasteiger partial charge in [0.05, 0.1) is 13.7 Å². The van der Waals surface area contributed by atoms with Crippen LogP contribution >= 0.6 is 0 Å². The van der Waals surface area contributed by atoms with Gasteiger partial charge in [-0.05, 0) is 24.3 Å². The number of carboxylic acids is 1. The molecule has 3 aromatic rings. The second-order valence-electron chi connectivity index (χ2n) is 10.3. The van der Waals surface area contributed by atoms with E-state index < -0.39 is 96.3 Å². The highest BCUT2D eigenvalue weighted by atomic mass is 16.7. The van der Waals surface area contributed by atoms with E-state index in [0.717, 1.165) is 12.1 Å². The van der Waals surface area contributed by atoms with Crippen molar-refractivity contribution in [1.29, 1.82) is 0 Å². The van der Waals surface area contributed by atoms with Gasteiger partial charge in [0.25, 0.3) is 0 Å². The number of aliphatic carboxylic acids is 1. The Bertz CT molecular complexity index is 1590. The second-order valence-corrected chi connectivity index (χ2v) is 10.3. The molecular weight excluding hydrogens is 608 g/mol. The van der Waals surface area contributed by atoms with Gasteiger partial charge in [-0.15, -0.1) is 0 Å². The van der Waals surface area contributed by atoms with Crippen molar-refractivity contribution in [2.75, 3.05) is 13.7 Å². The van der Waals surface area contributed by atoms with Crippen LogP contribution in [0.4, 0.5) is 0 Å². The summed E-state index contributed by atoms with van der Waals surface area (Å²) in [6.07, 6.45) is -18.6. The van der Waals surface area contributed by atoms with Crippen LogP contribution in [0.3, 0.4) is 0 Å². The van der Waals surface area contributed by atoms with E-state index in [1.165, 1.54) is 31.4 Å². The number of aliphatic hydroxyl groups excluding tert-OH is 7. The fourth-order valence-electron chi connectivity index (χ4n) is 4.92. The van der Waals surface area contributed by atoms with Crippen LogP contribution in [0.1, 0.15) is 0 Å². The molecule has 1 aromatic heterocycles. The molecule has 45 heavy (non-hydrogen) atoms. The van der Waals surface area contributed by atoms with Crippen molar-refractivity contribution in [3.8, 4) is 34.3 Å². The zero-order valence-corrected chi connectivity index (χ0v) is 23.2. The molecule has 0 aliphatic carbocycles. The molecule has 3 heterocycles. The van der Waals surface area contributed by atoms with E-state index in [1.54, 1.807) is 0 Å². The molecule has 2 aliphatic rings. The smallest absolute Gasteiger partial charge is 0.335 e. The van der Waals surface area contributed by atoms with E-state index in [0.29, 0.717) is 5.75 Å². The molecule has 0 spiro atoms. The van der Waals surface area contributed by atoms with E-state index in [1.807, 2.05) is 0 Å². The lowest BCUT2D eigenvalue weighted by Gasteiger charge is -2.39. The van der Waals surface area contributed by atoms with Crippen molar-refractivity contribution in [3.63, 3.8) is 0 Å². The molecule has 2 aliphatic heterocycles. The third kappa shape index (κ3) is 6.00. The van der Waals surface area contributed by atoms with E-state index in [9.17, 15) is 55.5 Å². The molecule has 9 N–H and O–H groups in total. The molecule has 5 rings (SSSR count). The van der Waals surface area contributed by atoms with Gasteiger partial charge in [-0.3, -0.25) is 4.79 Å². The molecule has 0 bridgehead atoms. The van der Waals surface area contributed by atoms with Gasteiger partial charge in [0.1, 0.15) is 70.9 Å². The van der Waals surface area contributed by atoms with Crippen LogP contribution in [-0.2, 0) is 14.3 Å². The molecule has 244 valence electrons. The lowest BCUT2D eigenvalue weighted by atomic mass is 9.99. The summed E-state index contributed by atoms with van der Waals surface area (Å²) in [7, 11) is 1.44. The SMILES string of the molecule is COc1ccc(-c2oc3cc(O[C@@H]4OC(C(=O)O)[C@@H](O)[C@H](O)C4O)cc(O[C@@H]4OC(CO)[C@@H](O)[C@H](O)C4O)c3c(=O)c2O)cc1. The van der Waals surface area contributed by atoms with Gasteiger partial charge < -0.3 is 74.1 Å². The summed E-state index contributed by atoms with van der Waals surface area (Å²) in [5.74, 6) is -3.20. The molecule has 0 amide bonds. The highest BCUT2D eigenvalue weighted by Gasteiger charge is 2.48. The van der Waals surface area contributed by atoms with Crippen LogP contribution in [0.5, 0.6) is 23.0 Å². The minimum Gasteiger partial charge on any atom is -0.502 e. The van der Waals surface area contributed by atoms with Crippen LogP contribution < -0.4 is 19.6 Å². The predicted octanol–water partition coefficient (Wildman–Crippen LogP) is -2.38. The normalized spacial score (nSPS) is 31.8. The average molecular weight is 639 g/mol. The Morgan fingerprint density at radius 1 is 0.822 bits per heavy atom. The number of hydrogen-bond donors (Lipinski definition) is 9. The number of carboxylic acid groups (broad SMARTS) is 1. The van der Waals surface area contributed by atoms with Crippen molar-refractivity contribution >= 4 is 16.9 Å². The maximum Gasteiger partial charge on any atom is 0.335 e. The van der Waals surface area contributed by atoms with Gasteiger partial charge in [-0.1, -0.05) is 0 Å². The number of fused-ring (bicyclic) bond motifs is 1. The molecule has 2 saturated heterocycles. The molecule has 17 heteroatoms. The number of carbonyl (C=O) groups is 1. The lowest BCUT2D eigenvalue weighted by Crippen LogP contribution is -2.61. The van der Waals surface area contributed by atoms with Crippen molar-refractivity contribution in [2.24, 2.45) is 0 Å². The first-order valence-electron chi connectivity index (χ1n) is 13.4. The fourth-order valence-corrected chi connectivity index (χ4v) is 4.92. The maximum atomic E-state index is 13.5. The summed E-state index contributed by atoms with van der Waals surface area (Å²) in [5, 5.41) is 90.8. The average Bonchev–Trinajstić information content (AvgIpc) is 3.02. The van der Waals surface area contributed by atoms with E-state index in [2.05, 4.69) is 0 Å². The topological polar surface area (TPSA) is 275 Å². The molecule has 0 saturated carbocycles. The summed E-state index contributed by atoms with van der Waals surface area (Å²) in [6, 6.07) is 8.11. The van der Waals surface area contributed by atoms with E-state index >= 15 is 0 Å². The lowest BCUT2D eigenvalue weighted by molar-refractivity contribution is -0.277. The van der Waals surface area contributed by atoms with Crippen molar-refractivity contribution < 1.29 is 78.9 Å². The largest absolute Gasteiger partial charge is 0.502 e. The van der Waals surface area contributed by atoms with Crippen LogP contribution in [0.25, 0.3) is 22.3 Å². The zero-order chi connectivity index (χ0) is 32.7. The number of aromatic hydroxyl groups is 1. The van der Waals surface area contributed by atoms with Gasteiger partial charge >= 0.3 is 5.97 Å². The van der Waals surface area contributed by atoms with Crippen LogP contribution in [-0.4, -0.2) is 127 Å². The molecule has 17 nitrogen and oxygen atoms in total. The predicted molar refractivity (Wildman–Crippen MR) is 145 cm³/mol. The standard InChI is InChI=1S/C28H30O17/c1-40-10-4-2-9(3-5-10)24-20(34)17(31)15-12(42-24)6-11(41-27-23(37)19(33)21(35)25(45-27)26(38)39)7-13(15)43-28-22(36)18(32)16(30)14(8-29)44-28/h2-7,14,16,18-19,21-23,25,27-30,32-37H,8H2,1H3,(H,38,39)/t14?,16-,18+,19+,21+,22?,23?,25?,27-,28-/m1/s1. The Kier molecular flexibility index (Phi) is 9.17. The number of aliphatic hydroxyl groups is 7. The first-order chi connectivity index (χ1) is 21.4. The molecular formula is C28H30O17. The quantitative estimate of drug-likeness (QED) is 0.125. The molecule has 4 unspecified atom stereocenters. The number of benzene rings is 2. The van der Waals surface area contributed by atoms with Crippen molar-refractivity contribution in [1.82, 2.24) is 0 Å². The van der Waals surface area contributed by atoms with Crippen LogP contribution in [0.15, 0.2) is 45.6 Å². The van der Waals surface area contributed by atoms with Gasteiger partial charge in [-0.2, -0.15) is 0 Å². The monoisotopic (exact) mass is 638 g/mol. The molecule has 2 aromatic carbocycles. The first-order valence-corrected chi connectivity index (χ1v) is 13.4. The second kappa shape index (κ2) is 12.8. The van der Waals surface area contributed by atoms with Gasteiger partial charge in [0.15, 0.2) is 11.9 Å². The Morgan fingerprint density at radius 3 is 2.04 bits per heavy atom. The van der Waals surface area contributed by atoms with E-state index in [4.69, 9.17) is 28.1 Å².